The quantitative estimate of drug-likeness (QED) is 0.642. The van der Waals surface area contributed by atoms with Gasteiger partial charge in [-0.25, -0.2) is 0 Å². The van der Waals surface area contributed by atoms with Crippen molar-refractivity contribution in [2.24, 2.45) is 0 Å². The first-order valence-electron chi connectivity index (χ1n) is 7.33. The van der Waals surface area contributed by atoms with E-state index in [4.69, 9.17) is 11.6 Å². The van der Waals surface area contributed by atoms with Crippen molar-refractivity contribution in [3.8, 4) is 0 Å². The predicted octanol–water partition coefficient (Wildman–Crippen LogP) is 3.28. The van der Waals surface area contributed by atoms with E-state index in [9.17, 15) is 14.9 Å². The van der Waals surface area contributed by atoms with E-state index in [0.717, 1.165) is 5.56 Å². The highest BCUT2D eigenvalue weighted by Crippen LogP contribution is 2.23. The number of non-ortho nitro benzene ring substituents is 1. The molecule has 0 bridgehead atoms. The van der Waals surface area contributed by atoms with E-state index in [1.54, 1.807) is 0 Å². The summed E-state index contributed by atoms with van der Waals surface area (Å²) in [5.74, 6) is -0.363. The highest BCUT2D eigenvalue weighted by atomic mass is 35.5. The van der Waals surface area contributed by atoms with Crippen LogP contribution in [0, 0.1) is 10.1 Å². The average Bonchev–Trinajstić information content (AvgIpc) is 2.55. The lowest BCUT2D eigenvalue weighted by Gasteiger charge is -2.25. The largest absolute Gasteiger partial charge is 0.350 e. The molecule has 24 heavy (non-hydrogen) atoms. The molecule has 2 rings (SSSR count). The van der Waals surface area contributed by atoms with Crippen molar-refractivity contribution < 1.29 is 9.72 Å². The van der Waals surface area contributed by atoms with Crippen molar-refractivity contribution in [1.29, 1.82) is 0 Å². The van der Waals surface area contributed by atoms with Crippen LogP contribution in [0.2, 0.25) is 5.02 Å². The van der Waals surface area contributed by atoms with E-state index in [1.807, 2.05) is 49.3 Å². The maximum absolute atomic E-state index is 12.3. The third kappa shape index (κ3) is 4.31. The van der Waals surface area contributed by atoms with Crippen LogP contribution in [0.3, 0.4) is 0 Å². The molecular formula is C17H18ClN3O3. The number of nitro groups is 1. The van der Waals surface area contributed by atoms with Crippen LogP contribution in [0.5, 0.6) is 0 Å². The van der Waals surface area contributed by atoms with Gasteiger partial charge in [0.25, 0.3) is 11.6 Å². The van der Waals surface area contributed by atoms with E-state index >= 15 is 0 Å². The molecule has 1 N–H and O–H groups in total. The number of amides is 1. The summed E-state index contributed by atoms with van der Waals surface area (Å²) < 4.78 is 0. The minimum Gasteiger partial charge on any atom is -0.350 e. The summed E-state index contributed by atoms with van der Waals surface area (Å²) in [5.41, 5.74) is 1.15. The van der Waals surface area contributed by atoms with Gasteiger partial charge in [0.05, 0.1) is 21.6 Å². The van der Waals surface area contributed by atoms with Crippen LogP contribution in [0.15, 0.2) is 48.5 Å². The zero-order valence-corrected chi connectivity index (χ0v) is 14.2. The van der Waals surface area contributed by atoms with Crippen LogP contribution in [-0.2, 0) is 0 Å². The van der Waals surface area contributed by atoms with Gasteiger partial charge in [-0.15, -0.1) is 0 Å². The number of hydrogen-bond acceptors (Lipinski definition) is 4. The number of likely N-dealkylation sites (N-methyl/N-ethyl adjacent to an activating group) is 1. The Bertz CT molecular complexity index is 735. The number of benzene rings is 2. The number of nitrogens with zero attached hydrogens (tertiary/aromatic N) is 2. The molecule has 7 heteroatoms. The molecule has 0 aliphatic heterocycles. The highest BCUT2D eigenvalue weighted by Gasteiger charge is 2.18. The van der Waals surface area contributed by atoms with Gasteiger partial charge in [-0.2, -0.15) is 0 Å². The third-order valence-electron chi connectivity index (χ3n) is 3.67. The first-order valence-corrected chi connectivity index (χ1v) is 7.71. The fourth-order valence-corrected chi connectivity index (χ4v) is 2.62. The predicted molar refractivity (Wildman–Crippen MR) is 93.3 cm³/mol. The molecule has 1 atom stereocenters. The van der Waals surface area contributed by atoms with E-state index in [2.05, 4.69) is 5.32 Å². The Morgan fingerprint density at radius 2 is 1.92 bits per heavy atom. The number of halogens is 1. The Kier molecular flexibility index (Phi) is 5.89. The SMILES string of the molecule is CN(C)C(CNC(=O)c1ccc([N+](=O)[O-])cc1Cl)c1ccccc1. The van der Waals surface area contributed by atoms with Gasteiger partial charge >= 0.3 is 0 Å². The second-order valence-electron chi connectivity index (χ2n) is 5.52. The molecule has 126 valence electrons. The van der Waals surface area contributed by atoms with Crippen molar-refractivity contribution in [3.63, 3.8) is 0 Å². The smallest absolute Gasteiger partial charge is 0.270 e. The maximum Gasteiger partial charge on any atom is 0.270 e. The zero-order valence-electron chi connectivity index (χ0n) is 13.4. The van der Waals surface area contributed by atoms with Crippen LogP contribution < -0.4 is 5.32 Å². The average molecular weight is 348 g/mol. The highest BCUT2D eigenvalue weighted by molar-refractivity contribution is 6.34. The van der Waals surface area contributed by atoms with Gasteiger partial charge < -0.3 is 10.2 Å². The van der Waals surface area contributed by atoms with Crippen LogP contribution in [-0.4, -0.2) is 36.4 Å². The molecule has 0 aliphatic rings. The van der Waals surface area contributed by atoms with Crippen LogP contribution >= 0.6 is 11.6 Å². The minimum absolute atomic E-state index is 0.00646. The Balaban J connectivity index is 2.10. The molecular weight excluding hydrogens is 330 g/mol. The first-order chi connectivity index (χ1) is 11.4. The van der Waals surface area contributed by atoms with Gasteiger partial charge in [-0.3, -0.25) is 14.9 Å². The number of nitro benzene ring substituents is 1. The molecule has 2 aromatic carbocycles. The summed E-state index contributed by atoms with van der Waals surface area (Å²) in [6.45, 7) is 0.392. The number of rotatable bonds is 6. The Labute approximate surface area is 145 Å². The maximum atomic E-state index is 12.3. The molecule has 0 spiro atoms. The summed E-state index contributed by atoms with van der Waals surface area (Å²) in [5, 5.41) is 13.6. The zero-order chi connectivity index (χ0) is 17.7. The summed E-state index contributed by atoms with van der Waals surface area (Å²) >= 11 is 5.99. The lowest BCUT2D eigenvalue weighted by molar-refractivity contribution is -0.384. The molecule has 2 aromatic rings. The van der Waals surface area contributed by atoms with Gasteiger partial charge in [0.1, 0.15) is 0 Å². The van der Waals surface area contributed by atoms with Crippen LogP contribution in [0.1, 0.15) is 22.0 Å². The minimum atomic E-state index is -0.551. The fourth-order valence-electron chi connectivity index (χ4n) is 2.36. The number of nitrogens with one attached hydrogen (secondary N) is 1. The fraction of sp³-hybridized carbons (Fsp3) is 0.235. The lowest BCUT2D eigenvalue weighted by atomic mass is 10.1. The van der Waals surface area contributed by atoms with Crippen molar-refractivity contribution in [2.45, 2.75) is 6.04 Å². The summed E-state index contributed by atoms with van der Waals surface area (Å²) in [4.78, 5) is 24.5. The summed E-state index contributed by atoms with van der Waals surface area (Å²) in [6, 6.07) is 13.6. The molecule has 0 aliphatic carbocycles. The van der Waals surface area contributed by atoms with E-state index in [0.29, 0.717) is 6.54 Å². The molecule has 0 fully saturated rings. The molecule has 0 saturated carbocycles. The molecule has 1 unspecified atom stereocenters. The van der Waals surface area contributed by atoms with E-state index in [-0.39, 0.29) is 28.2 Å². The Morgan fingerprint density at radius 1 is 1.25 bits per heavy atom. The molecule has 1 amide bonds. The number of carbonyl (C=O) groups excluding carboxylic acids is 1. The molecule has 0 saturated heterocycles. The van der Waals surface area contributed by atoms with Gasteiger partial charge in [0, 0.05) is 18.7 Å². The van der Waals surface area contributed by atoms with Crippen molar-refractivity contribution in [3.05, 3.63) is 74.8 Å². The van der Waals surface area contributed by atoms with Crippen molar-refractivity contribution in [1.82, 2.24) is 10.2 Å². The molecule has 0 heterocycles. The van der Waals surface area contributed by atoms with Crippen LogP contribution in [0.25, 0.3) is 0 Å². The van der Waals surface area contributed by atoms with Gasteiger partial charge in [0.2, 0.25) is 0 Å². The van der Waals surface area contributed by atoms with E-state index in [1.165, 1.54) is 18.2 Å². The van der Waals surface area contributed by atoms with Crippen molar-refractivity contribution in [2.75, 3.05) is 20.6 Å². The summed E-state index contributed by atoms with van der Waals surface area (Å²) in [6.07, 6.45) is 0. The van der Waals surface area contributed by atoms with Crippen LogP contribution in [0.4, 0.5) is 5.69 Å². The second-order valence-corrected chi connectivity index (χ2v) is 5.93. The number of hydrogen-bond donors (Lipinski definition) is 1. The van der Waals surface area contributed by atoms with Crippen molar-refractivity contribution >= 4 is 23.2 Å². The summed E-state index contributed by atoms with van der Waals surface area (Å²) in [7, 11) is 3.87. The second kappa shape index (κ2) is 7.90. The monoisotopic (exact) mass is 347 g/mol. The van der Waals surface area contributed by atoms with Gasteiger partial charge in [-0.1, -0.05) is 41.9 Å². The van der Waals surface area contributed by atoms with E-state index < -0.39 is 4.92 Å². The Morgan fingerprint density at radius 3 is 2.46 bits per heavy atom. The third-order valence-corrected chi connectivity index (χ3v) is 3.98. The number of carbonyl (C=O) groups is 1. The van der Waals surface area contributed by atoms with Gasteiger partial charge in [0.15, 0.2) is 0 Å². The lowest BCUT2D eigenvalue weighted by Crippen LogP contribution is -2.34. The normalized spacial score (nSPS) is 12.0. The topological polar surface area (TPSA) is 75.5 Å². The van der Waals surface area contributed by atoms with Gasteiger partial charge in [-0.05, 0) is 25.7 Å². The Hall–Kier alpha value is -2.44. The molecule has 6 nitrogen and oxygen atoms in total. The standard InChI is InChI=1S/C17H18ClN3O3/c1-20(2)16(12-6-4-3-5-7-12)11-19-17(22)14-9-8-13(21(23)24)10-15(14)18/h3-10,16H,11H2,1-2H3,(H,19,22). The molecule has 0 radical (unpaired) electrons. The molecule has 0 aromatic heterocycles. The first kappa shape index (κ1) is 17.9.